The van der Waals surface area contributed by atoms with Crippen molar-refractivity contribution in [1.82, 2.24) is 15.2 Å². The van der Waals surface area contributed by atoms with Crippen LogP contribution in [0.1, 0.15) is 48.7 Å². The monoisotopic (exact) mass is 391 g/mol. The lowest BCUT2D eigenvalue weighted by Gasteiger charge is -2.37. The molecule has 4 rings (SSSR count). The van der Waals surface area contributed by atoms with Gasteiger partial charge < -0.3 is 20.3 Å². The number of amides is 1. The van der Waals surface area contributed by atoms with E-state index in [1.807, 2.05) is 47.4 Å². The second-order valence-corrected chi connectivity index (χ2v) is 7.93. The topological polar surface area (TPSA) is 68.4 Å². The summed E-state index contributed by atoms with van der Waals surface area (Å²) < 4.78 is 0. The number of aromatic nitrogens is 1. The minimum absolute atomic E-state index is 0.0906. The number of carbonyl (C=O) groups is 1. The number of hydrogen-bond acceptors (Lipinski definition) is 3. The van der Waals surface area contributed by atoms with Gasteiger partial charge in [-0.3, -0.25) is 4.79 Å². The summed E-state index contributed by atoms with van der Waals surface area (Å²) in [6, 6.07) is 18.0. The molecule has 2 aromatic carbocycles. The largest absolute Gasteiger partial charge is 0.508 e. The first-order valence-electron chi connectivity index (χ1n) is 10.5. The molecule has 0 aliphatic heterocycles. The van der Waals surface area contributed by atoms with Crippen molar-refractivity contribution in [2.75, 3.05) is 6.54 Å². The van der Waals surface area contributed by atoms with E-state index in [4.69, 9.17) is 0 Å². The molecule has 5 heteroatoms. The van der Waals surface area contributed by atoms with Gasteiger partial charge >= 0.3 is 0 Å². The molecule has 0 saturated heterocycles. The zero-order chi connectivity index (χ0) is 20.2. The lowest BCUT2D eigenvalue weighted by molar-refractivity contribution is 0.0623. The Balaban J connectivity index is 1.41. The number of para-hydroxylation sites is 1. The van der Waals surface area contributed by atoms with E-state index in [1.165, 1.54) is 0 Å². The Morgan fingerprint density at radius 2 is 1.97 bits per heavy atom. The molecule has 3 N–H and O–H groups in total. The van der Waals surface area contributed by atoms with Crippen LogP contribution < -0.4 is 5.32 Å². The summed E-state index contributed by atoms with van der Waals surface area (Å²) >= 11 is 0. The fraction of sp³-hybridized carbons (Fsp3) is 0.375. The van der Waals surface area contributed by atoms with Crippen molar-refractivity contribution in [3.63, 3.8) is 0 Å². The van der Waals surface area contributed by atoms with Gasteiger partial charge in [-0.1, -0.05) is 30.3 Å². The standard InChI is InChI=1S/C24H29N3O2/c1-2-27(24(29)23-14-18-6-3-4-9-22(18)26-23)20-8-5-7-19(15-20)25-16-17-10-12-21(28)13-11-17/h3-4,6,9-14,19-20,25-26,28H,2,5,7-8,15-16H2,1H3. The fourth-order valence-corrected chi connectivity index (χ4v) is 4.42. The third kappa shape index (κ3) is 4.46. The van der Waals surface area contributed by atoms with Crippen LogP contribution in [-0.2, 0) is 6.54 Å². The van der Waals surface area contributed by atoms with Crippen molar-refractivity contribution in [2.45, 2.75) is 51.2 Å². The normalized spacial score (nSPS) is 19.3. The summed E-state index contributed by atoms with van der Waals surface area (Å²) in [6.07, 6.45) is 4.27. The predicted octanol–water partition coefficient (Wildman–Crippen LogP) is 4.44. The molecule has 1 saturated carbocycles. The highest BCUT2D eigenvalue weighted by molar-refractivity contribution is 5.98. The average Bonchev–Trinajstić information content (AvgIpc) is 3.18. The molecule has 2 atom stereocenters. The highest BCUT2D eigenvalue weighted by Crippen LogP contribution is 2.26. The molecule has 0 spiro atoms. The summed E-state index contributed by atoms with van der Waals surface area (Å²) in [5.74, 6) is 0.383. The lowest BCUT2D eigenvalue weighted by Crippen LogP contribution is -2.46. The van der Waals surface area contributed by atoms with Crippen molar-refractivity contribution < 1.29 is 9.90 Å². The molecule has 1 heterocycles. The van der Waals surface area contributed by atoms with E-state index in [2.05, 4.69) is 17.2 Å². The zero-order valence-electron chi connectivity index (χ0n) is 16.9. The molecule has 152 valence electrons. The van der Waals surface area contributed by atoms with E-state index in [0.29, 0.717) is 24.0 Å². The number of fused-ring (bicyclic) bond motifs is 1. The van der Waals surface area contributed by atoms with Gasteiger partial charge in [-0.25, -0.2) is 0 Å². The van der Waals surface area contributed by atoms with Crippen LogP contribution in [-0.4, -0.2) is 39.5 Å². The van der Waals surface area contributed by atoms with Crippen LogP contribution in [0.5, 0.6) is 5.75 Å². The van der Waals surface area contributed by atoms with Gasteiger partial charge in [0.2, 0.25) is 0 Å². The molecule has 0 bridgehead atoms. The number of aromatic hydroxyl groups is 1. The number of nitrogens with one attached hydrogen (secondary N) is 2. The van der Waals surface area contributed by atoms with E-state index >= 15 is 0 Å². The molecule has 1 aromatic heterocycles. The number of benzene rings is 2. The van der Waals surface area contributed by atoms with Crippen molar-refractivity contribution in [3.8, 4) is 5.75 Å². The maximum absolute atomic E-state index is 13.2. The summed E-state index contributed by atoms with van der Waals surface area (Å²) in [5.41, 5.74) is 2.84. The Morgan fingerprint density at radius 3 is 2.72 bits per heavy atom. The molecule has 1 aliphatic carbocycles. The molecular formula is C24H29N3O2. The SMILES string of the molecule is CCN(C(=O)c1cc2ccccc2[nH]1)C1CCCC(NCc2ccc(O)cc2)C1. The molecular weight excluding hydrogens is 362 g/mol. The van der Waals surface area contributed by atoms with E-state index in [0.717, 1.165) is 48.7 Å². The van der Waals surface area contributed by atoms with Crippen LogP contribution in [0.15, 0.2) is 54.6 Å². The Hall–Kier alpha value is -2.79. The molecule has 29 heavy (non-hydrogen) atoms. The predicted molar refractivity (Wildman–Crippen MR) is 116 cm³/mol. The van der Waals surface area contributed by atoms with E-state index in [1.54, 1.807) is 12.1 Å². The van der Waals surface area contributed by atoms with Gasteiger partial charge in [-0.15, -0.1) is 0 Å². The first-order chi connectivity index (χ1) is 14.1. The first-order valence-corrected chi connectivity index (χ1v) is 10.5. The van der Waals surface area contributed by atoms with Crippen LogP contribution >= 0.6 is 0 Å². The van der Waals surface area contributed by atoms with E-state index < -0.39 is 0 Å². The van der Waals surface area contributed by atoms with Gasteiger partial charge in [0.25, 0.3) is 5.91 Å². The van der Waals surface area contributed by atoms with Gasteiger partial charge in [-0.05, 0) is 62.4 Å². The third-order valence-electron chi connectivity index (χ3n) is 5.98. The van der Waals surface area contributed by atoms with Crippen LogP contribution in [0.3, 0.4) is 0 Å². The number of rotatable bonds is 6. The minimum atomic E-state index is 0.0906. The fourth-order valence-electron chi connectivity index (χ4n) is 4.42. The maximum atomic E-state index is 13.2. The molecule has 2 unspecified atom stereocenters. The van der Waals surface area contributed by atoms with Crippen molar-refractivity contribution in [3.05, 3.63) is 65.9 Å². The third-order valence-corrected chi connectivity index (χ3v) is 5.98. The zero-order valence-corrected chi connectivity index (χ0v) is 16.9. The summed E-state index contributed by atoms with van der Waals surface area (Å²) in [6.45, 7) is 3.55. The summed E-state index contributed by atoms with van der Waals surface area (Å²) in [7, 11) is 0. The molecule has 1 fully saturated rings. The highest BCUT2D eigenvalue weighted by Gasteiger charge is 2.29. The second kappa shape index (κ2) is 8.70. The van der Waals surface area contributed by atoms with E-state index in [9.17, 15) is 9.90 Å². The minimum Gasteiger partial charge on any atom is -0.508 e. The Labute approximate surface area is 171 Å². The maximum Gasteiger partial charge on any atom is 0.270 e. The number of phenolic OH excluding ortho intramolecular Hbond substituents is 1. The van der Waals surface area contributed by atoms with Crippen molar-refractivity contribution >= 4 is 16.8 Å². The average molecular weight is 392 g/mol. The first kappa shape index (κ1) is 19.5. The molecule has 3 aromatic rings. The van der Waals surface area contributed by atoms with Crippen LogP contribution in [0.4, 0.5) is 0 Å². The molecule has 0 radical (unpaired) electrons. The van der Waals surface area contributed by atoms with Crippen molar-refractivity contribution in [2.24, 2.45) is 0 Å². The quantitative estimate of drug-likeness (QED) is 0.582. The van der Waals surface area contributed by atoms with Crippen LogP contribution in [0.25, 0.3) is 10.9 Å². The number of aromatic amines is 1. The second-order valence-electron chi connectivity index (χ2n) is 7.93. The highest BCUT2D eigenvalue weighted by atomic mass is 16.3. The number of carbonyl (C=O) groups excluding carboxylic acids is 1. The Morgan fingerprint density at radius 1 is 1.17 bits per heavy atom. The summed E-state index contributed by atoms with van der Waals surface area (Å²) in [5, 5.41) is 14.1. The Kier molecular flexibility index (Phi) is 5.86. The molecule has 1 aliphatic rings. The van der Waals surface area contributed by atoms with Gasteiger partial charge in [0.1, 0.15) is 11.4 Å². The number of phenols is 1. The van der Waals surface area contributed by atoms with Crippen LogP contribution in [0, 0.1) is 0 Å². The van der Waals surface area contributed by atoms with Gasteiger partial charge in [0, 0.05) is 36.1 Å². The summed E-state index contributed by atoms with van der Waals surface area (Å²) in [4.78, 5) is 18.5. The molecule has 1 amide bonds. The Bertz CT molecular complexity index is 931. The van der Waals surface area contributed by atoms with Crippen molar-refractivity contribution in [1.29, 1.82) is 0 Å². The van der Waals surface area contributed by atoms with Gasteiger partial charge in [-0.2, -0.15) is 0 Å². The molecule has 5 nitrogen and oxygen atoms in total. The lowest BCUT2D eigenvalue weighted by atomic mass is 9.89. The number of nitrogens with zero attached hydrogens (tertiary/aromatic N) is 1. The number of hydrogen-bond donors (Lipinski definition) is 3. The smallest absolute Gasteiger partial charge is 0.270 e. The van der Waals surface area contributed by atoms with Gasteiger partial charge in [0.15, 0.2) is 0 Å². The number of H-pyrrole nitrogens is 1. The van der Waals surface area contributed by atoms with E-state index in [-0.39, 0.29) is 11.9 Å². The van der Waals surface area contributed by atoms with Gasteiger partial charge in [0.05, 0.1) is 0 Å². The van der Waals surface area contributed by atoms with Crippen LogP contribution in [0.2, 0.25) is 0 Å².